The highest BCUT2D eigenvalue weighted by Gasteiger charge is 2.17. The molecule has 9 nitrogen and oxygen atoms in total. The highest BCUT2D eigenvalue weighted by Crippen LogP contribution is 2.18. The summed E-state index contributed by atoms with van der Waals surface area (Å²) in [4.78, 5) is 34.1. The molecular weight excluding hydrogens is 487 g/mol. The summed E-state index contributed by atoms with van der Waals surface area (Å²) in [5.41, 5.74) is 8.88. The zero-order valence-corrected chi connectivity index (χ0v) is 21.5. The van der Waals surface area contributed by atoms with Crippen molar-refractivity contribution in [1.82, 2.24) is 14.8 Å². The molecular formula is C28H33FN6O3. The molecule has 38 heavy (non-hydrogen) atoms. The number of pyridine rings is 1. The average Bonchev–Trinajstić information content (AvgIpc) is 2.92. The molecule has 2 heterocycles. The van der Waals surface area contributed by atoms with Gasteiger partial charge in [0.25, 0.3) is 5.91 Å². The van der Waals surface area contributed by atoms with Gasteiger partial charge >= 0.3 is 6.03 Å². The van der Waals surface area contributed by atoms with Crippen molar-refractivity contribution in [2.45, 2.75) is 19.9 Å². The Hall–Kier alpha value is -4.02. The van der Waals surface area contributed by atoms with Gasteiger partial charge in [-0.1, -0.05) is 18.2 Å². The van der Waals surface area contributed by atoms with E-state index in [4.69, 9.17) is 10.5 Å². The van der Waals surface area contributed by atoms with E-state index < -0.39 is 0 Å². The average molecular weight is 521 g/mol. The zero-order chi connectivity index (χ0) is 26.9. The van der Waals surface area contributed by atoms with Crippen molar-refractivity contribution in [2.24, 2.45) is 0 Å². The van der Waals surface area contributed by atoms with Crippen molar-refractivity contribution in [3.8, 4) is 0 Å². The summed E-state index contributed by atoms with van der Waals surface area (Å²) in [5, 5.41) is 5.63. The van der Waals surface area contributed by atoms with Crippen LogP contribution in [-0.4, -0.2) is 66.1 Å². The van der Waals surface area contributed by atoms with Crippen molar-refractivity contribution >= 4 is 29.0 Å². The molecule has 0 atom stereocenters. The maximum atomic E-state index is 13.7. The number of morpholine rings is 1. The van der Waals surface area contributed by atoms with Gasteiger partial charge in [0.1, 0.15) is 11.5 Å². The molecule has 1 aliphatic rings. The van der Waals surface area contributed by atoms with E-state index in [1.165, 1.54) is 6.07 Å². The van der Waals surface area contributed by atoms with Crippen molar-refractivity contribution in [1.29, 1.82) is 0 Å². The predicted octanol–water partition coefficient (Wildman–Crippen LogP) is 4.12. The molecule has 1 fully saturated rings. The topological polar surface area (TPSA) is 113 Å². The number of benzene rings is 2. The Balaban J connectivity index is 1.41. The third kappa shape index (κ3) is 7.50. The van der Waals surface area contributed by atoms with Crippen molar-refractivity contribution in [3.63, 3.8) is 0 Å². The van der Waals surface area contributed by atoms with Gasteiger partial charge in [0, 0.05) is 44.6 Å². The number of aromatic nitrogens is 1. The number of aryl methyl sites for hydroxylation is 1. The minimum absolute atomic E-state index is 0.238. The Bertz CT molecular complexity index is 1250. The number of nitrogens with zero attached hydrogens (tertiary/aromatic N) is 3. The summed E-state index contributed by atoms with van der Waals surface area (Å²) in [6.07, 6.45) is 2.37. The number of hydrogen-bond acceptors (Lipinski definition) is 6. The van der Waals surface area contributed by atoms with E-state index in [9.17, 15) is 14.0 Å². The number of halogens is 1. The van der Waals surface area contributed by atoms with E-state index in [-0.39, 0.29) is 23.4 Å². The van der Waals surface area contributed by atoms with Crippen LogP contribution in [0.25, 0.3) is 0 Å². The molecule has 1 saturated heterocycles. The Labute approximate surface area is 221 Å². The van der Waals surface area contributed by atoms with Gasteiger partial charge in [-0.25, -0.2) is 9.18 Å². The molecule has 4 rings (SSSR count). The molecule has 0 unspecified atom stereocenters. The first-order chi connectivity index (χ1) is 18.4. The van der Waals surface area contributed by atoms with Crippen molar-refractivity contribution in [2.75, 3.05) is 55.8 Å². The van der Waals surface area contributed by atoms with Gasteiger partial charge in [-0.2, -0.15) is 0 Å². The van der Waals surface area contributed by atoms with Gasteiger partial charge in [-0.15, -0.1) is 0 Å². The third-order valence-electron chi connectivity index (χ3n) is 6.34. The SMILES string of the molecule is Cc1cc(NC(=O)N(CCCN2CCOCC2)Cc2ccc(C(=O)Nc3ccccc3N)nc2)ccc1F. The van der Waals surface area contributed by atoms with Crippen LogP contribution in [0.15, 0.2) is 60.8 Å². The Morgan fingerprint density at radius 2 is 1.89 bits per heavy atom. The molecule has 200 valence electrons. The summed E-state index contributed by atoms with van der Waals surface area (Å²) >= 11 is 0. The monoisotopic (exact) mass is 520 g/mol. The molecule has 3 aromatic rings. The second-order valence-electron chi connectivity index (χ2n) is 9.22. The maximum absolute atomic E-state index is 13.7. The first-order valence-corrected chi connectivity index (χ1v) is 12.6. The summed E-state index contributed by atoms with van der Waals surface area (Å²) in [7, 11) is 0. The maximum Gasteiger partial charge on any atom is 0.322 e. The van der Waals surface area contributed by atoms with Crippen LogP contribution in [-0.2, 0) is 11.3 Å². The normalized spacial score (nSPS) is 13.6. The summed E-state index contributed by atoms with van der Waals surface area (Å²) in [6.45, 7) is 6.51. The predicted molar refractivity (Wildman–Crippen MR) is 145 cm³/mol. The van der Waals surface area contributed by atoms with Crippen LogP contribution in [0.3, 0.4) is 0 Å². The van der Waals surface area contributed by atoms with Crippen molar-refractivity contribution < 1.29 is 18.7 Å². The van der Waals surface area contributed by atoms with Gasteiger partial charge in [0.2, 0.25) is 0 Å². The van der Waals surface area contributed by atoms with Gasteiger partial charge in [0.05, 0.1) is 24.6 Å². The number of urea groups is 1. The fourth-order valence-corrected chi connectivity index (χ4v) is 4.16. The second kappa shape index (κ2) is 13.0. The molecule has 0 aliphatic carbocycles. The van der Waals surface area contributed by atoms with Gasteiger partial charge in [0.15, 0.2) is 0 Å². The smallest absolute Gasteiger partial charge is 0.322 e. The zero-order valence-electron chi connectivity index (χ0n) is 21.5. The van der Waals surface area contributed by atoms with E-state index in [0.29, 0.717) is 35.7 Å². The molecule has 3 amide bonds. The van der Waals surface area contributed by atoms with Gasteiger partial charge < -0.3 is 26.0 Å². The number of nitrogens with one attached hydrogen (secondary N) is 2. The minimum atomic E-state index is -0.374. The molecule has 0 saturated carbocycles. The lowest BCUT2D eigenvalue weighted by atomic mass is 10.2. The van der Waals surface area contributed by atoms with Gasteiger partial charge in [-0.3, -0.25) is 14.7 Å². The highest BCUT2D eigenvalue weighted by molar-refractivity contribution is 6.04. The summed E-state index contributed by atoms with van der Waals surface area (Å²) in [6, 6.07) is 14.6. The fraction of sp³-hybridized carbons (Fsp3) is 0.321. The molecule has 2 aromatic carbocycles. The first-order valence-electron chi connectivity index (χ1n) is 12.6. The molecule has 4 N–H and O–H groups in total. The Kier molecular flexibility index (Phi) is 9.23. The van der Waals surface area contributed by atoms with Crippen LogP contribution in [0.1, 0.15) is 28.0 Å². The Morgan fingerprint density at radius 1 is 1.11 bits per heavy atom. The van der Waals surface area contributed by atoms with Crippen LogP contribution in [0.2, 0.25) is 0 Å². The van der Waals surface area contributed by atoms with E-state index in [2.05, 4.69) is 20.5 Å². The largest absolute Gasteiger partial charge is 0.397 e. The van der Waals surface area contributed by atoms with Crippen LogP contribution >= 0.6 is 0 Å². The number of hydrogen-bond donors (Lipinski definition) is 3. The molecule has 1 aromatic heterocycles. The van der Waals surface area contributed by atoms with E-state index >= 15 is 0 Å². The second-order valence-corrected chi connectivity index (χ2v) is 9.22. The fourth-order valence-electron chi connectivity index (χ4n) is 4.16. The van der Waals surface area contributed by atoms with Crippen molar-refractivity contribution in [3.05, 3.63) is 83.4 Å². The van der Waals surface area contributed by atoms with E-state index in [1.54, 1.807) is 66.6 Å². The number of carbonyl (C=O) groups excluding carboxylic acids is 2. The lowest BCUT2D eigenvalue weighted by Gasteiger charge is -2.28. The van der Waals surface area contributed by atoms with Gasteiger partial charge in [-0.05, 0) is 60.9 Å². The molecule has 0 bridgehead atoms. The standard InChI is InChI=1S/C28H33FN6O3/c1-20-17-22(8-9-23(20)29)32-28(37)35(12-4-11-34-13-15-38-16-14-34)19-21-7-10-26(31-18-21)27(36)33-25-6-3-2-5-24(25)30/h2-3,5-10,17-18H,4,11-16,19,30H2,1H3,(H,32,37)(H,33,36). The number of amides is 3. The number of nitrogens with two attached hydrogens (primary N) is 1. The quantitative estimate of drug-likeness (QED) is 0.366. The third-order valence-corrected chi connectivity index (χ3v) is 6.34. The minimum Gasteiger partial charge on any atom is -0.397 e. The van der Waals surface area contributed by atoms with Crippen LogP contribution in [0.5, 0.6) is 0 Å². The number of ether oxygens (including phenoxy) is 1. The number of nitrogen functional groups attached to an aromatic ring is 1. The molecule has 10 heteroatoms. The number of anilines is 3. The van der Waals surface area contributed by atoms with E-state index in [0.717, 1.165) is 44.8 Å². The molecule has 1 aliphatic heterocycles. The highest BCUT2D eigenvalue weighted by atomic mass is 19.1. The number of rotatable bonds is 9. The molecule has 0 spiro atoms. The molecule has 0 radical (unpaired) electrons. The summed E-state index contributed by atoms with van der Waals surface area (Å²) < 4.78 is 19.1. The van der Waals surface area contributed by atoms with Crippen LogP contribution in [0, 0.1) is 12.7 Å². The number of para-hydroxylation sites is 2. The van der Waals surface area contributed by atoms with E-state index in [1.807, 2.05) is 0 Å². The lowest BCUT2D eigenvalue weighted by Crippen LogP contribution is -2.40. The first kappa shape index (κ1) is 27.0. The lowest BCUT2D eigenvalue weighted by molar-refractivity contribution is 0.0365. The van der Waals surface area contributed by atoms with Crippen LogP contribution in [0.4, 0.5) is 26.2 Å². The number of carbonyl (C=O) groups is 2. The Morgan fingerprint density at radius 3 is 2.61 bits per heavy atom. The van der Waals surface area contributed by atoms with Crippen LogP contribution < -0.4 is 16.4 Å². The summed E-state index contributed by atoms with van der Waals surface area (Å²) in [5.74, 6) is -0.697.